The first-order valence-corrected chi connectivity index (χ1v) is 4.92. The third kappa shape index (κ3) is 2.80. The summed E-state index contributed by atoms with van der Waals surface area (Å²) in [5.41, 5.74) is 0. The van der Waals surface area contributed by atoms with Crippen LogP contribution in [0.2, 0.25) is 0 Å². The lowest BCUT2D eigenvalue weighted by atomic mass is 10.2. The Morgan fingerprint density at radius 1 is 1.09 bits per heavy atom. The fourth-order valence-corrected chi connectivity index (χ4v) is 2.10. The third-order valence-corrected chi connectivity index (χ3v) is 2.69. The van der Waals surface area contributed by atoms with E-state index in [1.165, 1.54) is 0 Å². The van der Waals surface area contributed by atoms with Gasteiger partial charge in [-0.3, -0.25) is 9.59 Å². The molecular formula is C6H10O4S. The predicted octanol–water partition coefficient (Wildman–Crippen LogP) is -0.422. The highest BCUT2D eigenvalue weighted by Gasteiger charge is 2.29. The lowest BCUT2D eigenvalue weighted by Crippen LogP contribution is -2.34. The van der Waals surface area contributed by atoms with Crippen LogP contribution in [0.3, 0.4) is 0 Å². The van der Waals surface area contributed by atoms with E-state index in [0.717, 1.165) is 20.1 Å². The van der Waals surface area contributed by atoms with Crippen molar-refractivity contribution in [2.24, 2.45) is 0 Å². The molecular weight excluding hydrogens is 168 g/mol. The van der Waals surface area contributed by atoms with Crippen molar-refractivity contribution in [3.8, 4) is 0 Å². The smallest absolute Gasteiger partial charge is 0.177 e. The molecule has 0 aromatic heterocycles. The van der Waals surface area contributed by atoms with Gasteiger partial charge in [0.25, 0.3) is 0 Å². The predicted molar refractivity (Wildman–Crippen MR) is 40.0 cm³/mol. The second kappa shape index (κ2) is 3.13. The summed E-state index contributed by atoms with van der Waals surface area (Å²) in [6.45, 7) is 2.18. The van der Waals surface area contributed by atoms with Gasteiger partial charge in [-0.15, -0.1) is 0 Å². The van der Waals surface area contributed by atoms with Crippen molar-refractivity contribution in [2.45, 2.75) is 19.1 Å². The fourth-order valence-electron chi connectivity index (χ4n) is 0.889. The maximum atomic E-state index is 10.8. The number of Topliss-reactive ketones (excluding diaryl/α,β-unsaturated/α-hetero) is 2. The Labute approximate surface area is 65.5 Å². The van der Waals surface area contributed by atoms with E-state index < -0.39 is 26.7 Å². The monoisotopic (exact) mass is 178 g/mol. The van der Waals surface area contributed by atoms with E-state index in [9.17, 15) is 18.0 Å². The number of rotatable bonds is 3. The van der Waals surface area contributed by atoms with Crippen LogP contribution in [-0.4, -0.2) is 31.5 Å². The molecule has 0 rings (SSSR count). The molecule has 64 valence electrons. The van der Waals surface area contributed by atoms with E-state index in [-0.39, 0.29) is 0 Å². The number of hydrogen-bond acceptors (Lipinski definition) is 4. The fraction of sp³-hybridized carbons (Fsp3) is 0.667. The molecule has 0 aliphatic carbocycles. The van der Waals surface area contributed by atoms with Gasteiger partial charge < -0.3 is 0 Å². The molecule has 0 fully saturated rings. The summed E-state index contributed by atoms with van der Waals surface area (Å²) in [6.07, 6.45) is 0.875. The third-order valence-electron chi connectivity index (χ3n) is 1.17. The molecule has 0 saturated heterocycles. The van der Waals surface area contributed by atoms with Crippen LogP contribution in [0.4, 0.5) is 0 Å². The molecule has 0 heterocycles. The number of hydrogen-bond donors (Lipinski definition) is 0. The van der Waals surface area contributed by atoms with Crippen LogP contribution in [-0.2, 0) is 19.4 Å². The van der Waals surface area contributed by atoms with Crippen molar-refractivity contribution in [1.82, 2.24) is 0 Å². The maximum Gasteiger partial charge on any atom is 0.177 e. The second-order valence-electron chi connectivity index (χ2n) is 2.43. The van der Waals surface area contributed by atoms with Crippen molar-refractivity contribution in [1.29, 1.82) is 0 Å². The molecule has 0 N–H and O–H groups in total. The molecule has 4 nitrogen and oxygen atoms in total. The number of sulfone groups is 1. The average Bonchev–Trinajstić information content (AvgIpc) is 1.54. The van der Waals surface area contributed by atoms with Gasteiger partial charge in [0.15, 0.2) is 26.7 Å². The Morgan fingerprint density at radius 3 is 1.36 bits per heavy atom. The standard InChI is InChI=1S/C6H10O4S/c1-4(7)6(5(2)8)11(3,9)10/h6H,1-3H3. The molecule has 0 aliphatic heterocycles. The van der Waals surface area contributed by atoms with Crippen molar-refractivity contribution in [2.75, 3.05) is 6.26 Å². The Hall–Kier alpha value is -0.710. The topological polar surface area (TPSA) is 68.3 Å². The summed E-state index contributed by atoms with van der Waals surface area (Å²) in [7, 11) is -3.56. The van der Waals surface area contributed by atoms with E-state index >= 15 is 0 Å². The van der Waals surface area contributed by atoms with Crippen LogP contribution < -0.4 is 0 Å². The number of ketones is 2. The zero-order chi connectivity index (χ0) is 9.23. The van der Waals surface area contributed by atoms with Gasteiger partial charge in [-0.2, -0.15) is 0 Å². The average molecular weight is 178 g/mol. The van der Waals surface area contributed by atoms with E-state index in [0.29, 0.717) is 0 Å². The summed E-state index contributed by atoms with van der Waals surface area (Å²) < 4.78 is 21.5. The molecule has 11 heavy (non-hydrogen) atoms. The molecule has 0 unspecified atom stereocenters. The Morgan fingerprint density at radius 2 is 1.36 bits per heavy atom. The Bertz CT molecular complexity index is 261. The first kappa shape index (κ1) is 10.3. The Balaban J connectivity index is 4.94. The van der Waals surface area contributed by atoms with Gasteiger partial charge in [0.2, 0.25) is 0 Å². The molecule has 0 amide bonds. The highest BCUT2D eigenvalue weighted by atomic mass is 32.2. The summed E-state index contributed by atoms with van der Waals surface area (Å²) >= 11 is 0. The van der Waals surface area contributed by atoms with Gasteiger partial charge >= 0.3 is 0 Å². The second-order valence-corrected chi connectivity index (χ2v) is 4.56. The minimum absolute atomic E-state index is 0.625. The van der Waals surface area contributed by atoms with E-state index in [1.54, 1.807) is 0 Å². The van der Waals surface area contributed by atoms with Crippen LogP contribution in [0.25, 0.3) is 0 Å². The van der Waals surface area contributed by atoms with Crippen LogP contribution in [0.15, 0.2) is 0 Å². The molecule has 0 saturated carbocycles. The normalized spacial score (nSPS) is 11.6. The minimum Gasteiger partial charge on any atom is -0.298 e. The molecule has 0 radical (unpaired) electrons. The summed E-state index contributed by atoms with van der Waals surface area (Å²) in [4.78, 5) is 21.3. The molecule has 5 heteroatoms. The van der Waals surface area contributed by atoms with Crippen LogP contribution in [0, 0.1) is 0 Å². The lowest BCUT2D eigenvalue weighted by Gasteiger charge is -2.05. The highest BCUT2D eigenvalue weighted by molar-refractivity contribution is 7.92. The Kier molecular flexibility index (Phi) is 2.92. The lowest BCUT2D eigenvalue weighted by molar-refractivity contribution is -0.124. The van der Waals surface area contributed by atoms with Gasteiger partial charge in [-0.05, 0) is 13.8 Å². The minimum atomic E-state index is -3.56. The van der Waals surface area contributed by atoms with Crippen molar-refractivity contribution >= 4 is 21.4 Å². The molecule has 0 aromatic carbocycles. The van der Waals surface area contributed by atoms with Gasteiger partial charge in [-0.25, -0.2) is 8.42 Å². The van der Waals surface area contributed by atoms with E-state index in [1.807, 2.05) is 0 Å². The maximum absolute atomic E-state index is 10.8. The largest absolute Gasteiger partial charge is 0.298 e. The number of carbonyl (C=O) groups excluding carboxylic acids is 2. The van der Waals surface area contributed by atoms with E-state index in [4.69, 9.17) is 0 Å². The summed E-state index contributed by atoms with van der Waals surface area (Å²) in [6, 6.07) is 0. The SMILES string of the molecule is CC(=O)C(C(C)=O)S(C)(=O)=O. The van der Waals surface area contributed by atoms with Gasteiger partial charge in [0.1, 0.15) is 0 Å². The molecule has 0 atom stereocenters. The van der Waals surface area contributed by atoms with Gasteiger partial charge in [0.05, 0.1) is 0 Å². The van der Waals surface area contributed by atoms with Gasteiger partial charge in [-0.1, -0.05) is 0 Å². The van der Waals surface area contributed by atoms with Crippen molar-refractivity contribution in [3.63, 3.8) is 0 Å². The summed E-state index contributed by atoms with van der Waals surface area (Å²) in [5, 5.41) is -1.47. The summed E-state index contributed by atoms with van der Waals surface area (Å²) in [5.74, 6) is -1.25. The van der Waals surface area contributed by atoms with E-state index in [2.05, 4.69) is 0 Å². The zero-order valence-electron chi connectivity index (χ0n) is 6.62. The van der Waals surface area contributed by atoms with Crippen molar-refractivity contribution in [3.05, 3.63) is 0 Å². The van der Waals surface area contributed by atoms with Crippen LogP contribution in [0.5, 0.6) is 0 Å². The van der Waals surface area contributed by atoms with Crippen LogP contribution in [0.1, 0.15) is 13.8 Å². The quantitative estimate of drug-likeness (QED) is 0.550. The highest BCUT2D eigenvalue weighted by Crippen LogP contribution is 2.01. The molecule has 0 spiro atoms. The molecule has 0 aliphatic rings. The zero-order valence-corrected chi connectivity index (χ0v) is 7.44. The molecule has 0 bridgehead atoms. The van der Waals surface area contributed by atoms with Crippen LogP contribution >= 0.6 is 0 Å². The first-order chi connectivity index (χ1) is 4.76. The number of carbonyl (C=O) groups is 2. The first-order valence-electron chi connectivity index (χ1n) is 2.96. The van der Waals surface area contributed by atoms with Crippen molar-refractivity contribution < 1.29 is 18.0 Å². The molecule has 0 aromatic rings. The van der Waals surface area contributed by atoms with Gasteiger partial charge in [0, 0.05) is 6.26 Å².